The number of nitrogens with zero attached hydrogens (tertiary/aromatic N) is 1. The lowest BCUT2D eigenvalue weighted by Crippen LogP contribution is -2.26. The molecule has 1 aliphatic heterocycles. The third-order valence-corrected chi connectivity index (χ3v) is 3.36. The first kappa shape index (κ1) is 14.4. The summed E-state index contributed by atoms with van der Waals surface area (Å²) < 4.78 is 11.0. The quantitative estimate of drug-likeness (QED) is 0.812. The first-order valence-corrected chi connectivity index (χ1v) is 7.19. The van der Waals surface area contributed by atoms with Crippen LogP contribution in [0.5, 0.6) is 11.5 Å². The number of ether oxygens (including phenoxy) is 2. The first-order chi connectivity index (χ1) is 10.8. The number of amides is 1. The van der Waals surface area contributed by atoms with Crippen molar-refractivity contribution in [2.24, 2.45) is 0 Å². The maximum Gasteiger partial charge on any atom is 0.248 e. The highest BCUT2D eigenvalue weighted by Gasteiger charge is 2.15. The second-order valence-corrected chi connectivity index (χ2v) is 4.93. The van der Waals surface area contributed by atoms with Gasteiger partial charge in [0, 0.05) is 18.2 Å². The fourth-order valence-electron chi connectivity index (χ4n) is 2.18. The SMILES string of the molecule is O=C(/C=C/c1ccccc1Oc1ccccc1)N1CCOC1. The van der Waals surface area contributed by atoms with Crippen molar-refractivity contribution in [3.8, 4) is 11.5 Å². The van der Waals surface area contributed by atoms with Crippen molar-refractivity contribution in [3.05, 3.63) is 66.2 Å². The third kappa shape index (κ3) is 3.54. The lowest BCUT2D eigenvalue weighted by atomic mass is 10.2. The van der Waals surface area contributed by atoms with E-state index in [0.29, 0.717) is 19.9 Å². The summed E-state index contributed by atoms with van der Waals surface area (Å²) in [5.74, 6) is 1.44. The van der Waals surface area contributed by atoms with Gasteiger partial charge < -0.3 is 14.4 Å². The minimum absolute atomic E-state index is 0.0491. The smallest absolute Gasteiger partial charge is 0.248 e. The van der Waals surface area contributed by atoms with Crippen molar-refractivity contribution in [3.63, 3.8) is 0 Å². The summed E-state index contributed by atoms with van der Waals surface area (Å²) in [4.78, 5) is 13.7. The zero-order valence-corrected chi connectivity index (χ0v) is 12.1. The maximum absolute atomic E-state index is 12.0. The molecule has 2 aromatic rings. The summed E-state index contributed by atoms with van der Waals surface area (Å²) in [5.41, 5.74) is 0.861. The number of hydrogen-bond donors (Lipinski definition) is 0. The molecule has 0 spiro atoms. The Morgan fingerprint density at radius 2 is 1.86 bits per heavy atom. The van der Waals surface area contributed by atoms with Crippen LogP contribution in [0.2, 0.25) is 0 Å². The van der Waals surface area contributed by atoms with Crippen molar-refractivity contribution in [2.75, 3.05) is 19.9 Å². The van der Waals surface area contributed by atoms with Crippen LogP contribution in [0.3, 0.4) is 0 Å². The lowest BCUT2D eigenvalue weighted by molar-refractivity contribution is -0.126. The highest BCUT2D eigenvalue weighted by molar-refractivity contribution is 5.92. The van der Waals surface area contributed by atoms with Crippen LogP contribution in [0.4, 0.5) is 0 Å². The van der Waals surface area contributed by atoms with Gasteiger partial charge in [0.2, 0.25) is 5.91 Å². The van der Waals surface area contributed by atoms with Gasteiger partial charge in [-0.05, 0) is 24.3 Å². The van der Waals surface area contributed by atoms with Gasteiger partial charge in [-0.2, -0.15) is 0 Å². The molecular formula is C18H17NO3. The Hall–Kier alpha value is -2.59. The standard InChI is InChI=1S/C18H17NO3/c20-18(19-12-13-21-14-19)11-10-15-6-4-5-9-17(15)22-16-7-2-1-3-8-16/h1-11H,12-14H2/b11-10+. The number of para-hydroxylation sites is 2. The minimum atomic E-state index is -0.0491. The molecule has 0 atom stereocenters. The van der Waals surface area contributed by atoms with Gasteiger partial charge in [0.1, 0.15) is 18.2 Å². The largest absolute Gasteiger partial charge is 0.457 e. The summed E-state index contributed by atoms with van der Waals surface area (Å²) in [5, 5.41) is 0. The number of carbonyl (C=O) groups is 1. The van der Waals surface area contributed by atoms with E-state index in [-0.39, 0.29) is 5.91 Å². The molecule has 0 unspecified atom stereocenters. The average molecular weight is 295 g/mol. The molecule has 1 amide bonds. The molecule has 0 radical (unpaired) electrons. The van der Waals surface area contributed by atoms with Crippen LogP contribution in [0.25, 0.3) is 6.08 Å². The highest BCUT2D eigenvalue weighted by Crippen LogP contribution is 2.26. The Balaban J connectivity index is 1.74. The molecule has 22 heavy (non-hydrogen) atoms. The number of rotatable bonds is 4. The molecule has 4 nitrogen and oxygen atoms in total. The summed E-state index contributed by atoms with van der Waals surface area (Å²) in [7, 11) is 0. The first-order valence-electron chi connectivity index (χ1n) is 7.19. The van der Waals surface area contributed by atoms with E-state index in [1.165, 1.54) is 0 Å². The topological polar surface area (TPSA) is 38.8 Å². The van der Waals surface area contributed by atoms with Crippen LogP contribution < -0.4 is 4.74 Å². The Kier molecular flexibility index (Phi) is 4.51. The van der Waals surface area contributed by atoms with E-state index in [1.807, 2.05) is 54.6 Å². The van der Waals surface area contributed by atoms with Gasteiger partial charge in [-0.1, -0.05) is 36.4 Å². The Morgan fingerprint density at radius 3 is 2.64 bits per heavy atom. The normalized spacial score (nSPS) is 14.5. The maximum atomic E-state index is 12.0. The van der Waals surface area contributed by atoms with E-state index in [1.54, 1.807) is 17.1 Å². The summed E-state index contributed by atoms with van der Waals surface area (Å²) in [6, 6.07) is 17.2. The zero-order chi connectivity index (χ0) is 15.2. The van der Waals surface area contributed by atoms with Crippen LogP contribution in [0.1, 0.15) is 5.56 Å². The van der Waals surface area contributed by atoms with Crippen molar-refractivity contribution in [1.29, 1.82) is 0 Å². The molecular weight excluding hydrogens is 278 g/mol. The zero-order valence-electron chi connectivity index (χ0n) is 12.1. The van der Waals surface area contributed by atoms with Gasteiger partial charge in [0.25, 0.3) is 0 Å². The van der Waals surface area contributed by atoms with Crippen LogP contribution in [-0.4, -0.2) is 30.7 Å². The summed E-state index contributed by atoms with van der Waals surface area (Å²) in [6.07, 6.45) is 3.33. The third-order valence-electron chi connectivity index (χ3n) is 3.36. The minimum Gasteiger partial charge on any atom is -0.457 e. The molecule has 2 aromatic carbocycles. The van der Waals surface area contributed by atoms with Gasteiger partial charge in [-0.3, -0.25) is 4.79 Å². The molecule has 3 rings (SSSR count). The van der Waals surface area contributed by atoms with Crippen LogP contribution in [-0.2, 0) is 9.53 Å². The molecule has 1 saturated heterocycles. The molecule has 4 heteroatoms. The molecule has 0 N–H and O–H groups in total. The Morgan fingerprint density at radius 1 is 1.09 bits per heavy atom. The Labute approximate surface area is 129 Å². The van der Waals surface area contributed by atoms with Crippen molar-refractivity contribution in [2.45, 2.75) is 0 Å². The van der Waals surface area contributed by atoms with E-state index in [9.17, 15) is 4.79 Å². The molecule has 0 bridgehead atoms. The van der Waals surface area contributed by atoms with Crippen LogP contribution >= 0.6 is 0 Å². The molecule has 0 aliphatic carbocycles. The van der Waals surface area contributed by atoms with Crippen LogP contribution in [0.15, 0.2) is 60.7 Å². The number of carbonyl (C=O) groups excluding carboxylic acids is 1. The molecule has 1 heterocycles. The summed E-state index contributed by atoms with van der Waals surface area (Å²) in [6.45, 7) is 1.62. The average Bonchev–Trinajstić information content (AvgIpc) is 3.09. The molecule has 112 valence electrons. The lowest BCUT2D eigenvalue weighted by Gasteiger charge is -2.11. The highest BCUT2D eigenvalue weighted by atomic mass is 16.5. The molecule has 1 fully saturated rings. The monoisotopic (exact) mass is 295 g/mol. The Bertz CT molecular complexity index is 661. The van der Waals surface area contributed by atoms with E-state index in [0.717, 1.165) is 17.1 Å². The fourth-order valence-corrected chi connectivity index (χ4v) is 2.18. The van der Waals surface area contributed by atoms with E-state index < -0.39 is 0 Å². The van der Waals surface area contributed by atoms with Gasteiger partial charge in [0.05, 0.1) is 6.61 Å². The second kappa shape index (κ2) is 6.91. The fraction of sp³-hybridized carbons (Fsp3) is 0.167. The second-order valence-electron chi connectivity index (χ2n) is 4.93. The molecule has 0 aromatic heterocycles. The van der Waals surface area contributed by atoms with E-state index in [4.69, 9.17) is 9.47 Å². The van der Waals surface area contributed by atoms with E-state index >= 15 is 0 Å². The van der Waals surface area contributed by atoms with Gasteiger partial charge >= 0.3 is 0 Å². The predicted molar refractivity (Wildman–Crippen MR) is 84.5 cm³/mol. The van der Waals surface area contributed by atoms with Crippen molar-refractivity contribution < 1.29 is 14.3 Å². The number of hydrogen-bond acceptors (Lipinski definition) is 3. The van der Waals surface area contributed by atoms with Gasteiger partial charge in [0.15, 0.2) is 0 Å². The van der Waals surface area contributed by atoms with Gasteiger partial charge in [-0.25, -0.2) is 0 Å². The van der Waals surface area contributed by atoms with Gasteiger partial charge in [-0.15, -0.1) is 0 Å². The molecule has 0 saturated carbocycles. The molecule has 1 aliphatic rings. The number of benzene rings is 2. The van der Waals surface area contributed by atoms with Crippen molar-refractivity contribution >= 4 is 12.0 Å². The van der Waals surface area contributed by atoms with Crippen molar-refractivity contribution in [1.82, 2.24) is 4.90 Å². The van der Waals surface area contributed by atoms with E-state index in [2.05, 4.69) is 0 Å². The predicted octanol–water partition coefficient (Wildman–Crippen LogP) is 3.31. The summed E-state index contributed by atoms with van der Waals surface area (Å²) >= 11 is 0. The van der Waals surface area contributed by atoms with Crippen LogP contribution in [0, 0.1) is 0 Å².